The average Bonchev–Trinajstić information content (AvgIpc) is 3.85. The second-order valence-corrected chi connectivity index (χ2v) is 13.7. The van der Waals surface area contributed by atoms with E-state index in [-0.39, 0.29) is 54.0 Å². The van der Waals surface area contributed by atoms with Crippen molar-refractivity contribution in [2.45, 2.75) is 84.0 Å². The number of methoxy groups -OCH3 is 1. The van der Waals surface area contributed by atoms with Gasteiger partial charge in [-0.3, -0.25) is 24.4 Å². The second-order valence-electron chi connectivity index (χ2n) is 13.7. The van der Waals surface area contributed by atoms with Crippen LogP contribution in [0, 0.1) is 13.8 Å². The first-order valence-electron chi connectivity index (χ1n) is 17.2. The van der Waals surface area contributed by atoms with E-state index in [4.69, 9.17) is 14.7 Å². The molecular formula is C41H42N4O4. The summed E-state index contributed by atoms with van der Waals surface area (Å²) in [6.07, 6.45) is 5.42. The van der Waals surface area contributed by atoms with Crippen LogP contribution in [0.5, 0.6) is 0 Å². The van der Waals surface area contributed by atoms with Crippen LogP contribution in [0.4, 0.5) is 0 Å². The fourth-order valence-corrected chi connectivity index (χ4v) is 8.01. The quantitative estimate of drug-likeness (QED) is 0.117. The first-order chi connectivity index (χ1) is 23.6. The average molecular weight is 655 g/mol. The summed E-state index contributed by atoms with van der Waals surface area (Å²) >= 11 is 0. The van der Waals surface area contributed by atoms with E-state index in [1.807, 2.05) is 62.4 Å². The van der Waals surface area contributed by atoms with Gasteiger partial charge in [-0.25, -0.2) is 0 Å². The Balaban J connectivity index is 1.53. The van der Waals surface area contributed by atoms with Gasteiger partial charge in [0.2, 0.25) is 0 Å². The third kappa shape index (κ3) is 5.63. The normalized spacial score (nSPS) is 19.9. The Morgan fingerprint density at radius 2 is 1.57 bits per heavy atom. The summed E-state index contributed by atoms with van der Waals surface area (Å²) in [6.45, 7) is 10.4. The lowest BCUT2D eigenvalue weighted by Gasteiger charge is -2.16. The highest BCUT2D eigenvalue weighted by atomic mass is 16.5. The summed E-state index contributed by atoms with van der Waals surface area (Å²) in [6, 6.07) is 15.9. The number of aryl methyl sites for hydroxylation is 2. The van der Waals surface area contributed by atoms with Crippen LogP contribution in [0.2, 0.25) is 0 Å². The molecule has 0 saturated carbocycles. The molecule has 3 aromatic heterocycles. The van der Waals surface area contributed by atoms with Crippen LogP contribution < -0.4 is 0 Å². The molecule has 2 aliphatic heterocycles. The van der Waals surface area contributed by atoms with Crippen LogP contribution >= 0.6 is 0 Å². The predicted molar refractivity (Wildman–Crippen MR) is 192 cm³/mol. The third-order valence-electron chi connectivity index (χ3n) is 10.9. The highest BCUT2D eigenvalue weighted by Gasteiger charge is 2.36. The van der Waals surface area contributed by atoms with Crippen molar-refractivity contribution in [3.05, 3.63) is 111 Å². The monoisotopic (exact) mass is 654 g/mol. The maximum absolute atomic E-state index is 14.0. The van der Waals surface area contributed by atoms with E-state index in [0.717, 1.165) is 79.1 Å². The molecule has 0 amide bonds. The Morgan fingerprint density at radius 3 is 2.31 bits per heavy atom. The van der Waals surface area contributed by atoms with Crippen molar-refractivity contribution in [2.24, 2.45) is 0 Å². The number of aromatic amines is 2. The predicted octanol–water partition coefficient (Wildman–Crippen LogP) is 8.70. The number of aromatic nitrogens is 4. The van der Waals surface area contributed by atoms with Crippen molar-refractivity contribution < 1.29 is 19.1 Å². The summed E-state index contributed by atoms with van der Waals surface area (Å²) in [7, 11) is 1.40. The summed E-state index contributed by atoms with van der Waals surface area (Å²) in [5.74, 6) is -0.128. The molecule has 7 rings (SSSR count). The number of allylic oxidation sites excluding steroid dienone is 1. The van der Waals surface area contributed by atoms with Crippen LogP contribution in [-0.4, -0.2) is 44.6 Å². The molecule has 1 aromatic carbocycles. The Hall–Kier alpha value is -5.11. The lowest BCUT2D eigenvalue weighted by molar-refractivity contribution is -0.140. The minimum absolute atomic E-state index is 0.0439. The van der Waals surface area contributed by atoms with Crippen molar-refractivity contribution in [3.8, 4) is 0 Å². The number of fused-ring (bicyclic) bond motifs is 8. The molecule has 0 saturated heterocycles. The second kappa shape index (κ2) is 12.7. The number of carbonyl (C=O) groups excluding carboxylic acids is 3. The van der Waals surface area contributed by atoms with Crippen molar-refractivity contribution >= 4 is 45.7 Å². The van der Waals surface area contributed by atoms with Crippen molar-refractivity contribution in [3.63, 3.8) is 0 Å². The maximum atomic E-state index is 14.0. The molecular weight excluding hydrogens is 612 g/mol. The van der Waals surface area contributed by atoms with Crippen LogP contribution in [0.15, 0.2) is 54.6 Å². The zero-order chi connectivity index (χ0) is 34.6. The lowest BCUT2D eigenvalue weighted by Crippen LogP contribution is -2.09. The van der Waals surface area contributed by atoms with Gasteiger partial charge in [-0.2, -0.15) is 0 Å². The largest absolute Gasteiger partial charge is 0.469 e. The molecule has 8 bridgehead atoms. The fraction of sp³-hybridized carbons (Fsp3) is 0.341. The molecule has 8 nitrogen and oxygen atoms in total. The molecule has 3 aliphatic rings. The molecule has 0 spiro atoms. The van der Waals surface area contributed by atoms with E-state index < -0.39 is 0 Å². The van der Waals surface area contributed by atoms with Gasteiger partial charge >= 0.3 is 5.97 Å². The van der Waals surface area contributed by atoms with Gasteiger partial charge in [-0.05, 0) is 67.7 Å². The Morgan fingerprint density at radius 1 is 0.898 bits per heavy atom. The molecule has 2 N–H and O–H groups in total. The van der Waals surface area contributed by atoms with Gasteiger partial charge in [0.05, 0.1) is 29.4 Å². The highest BCUT2D eigenvalue weighted by Crippen LogP contribution is 2.45. The summed E-state index contributed by atoms with van der Waals surface area (Å²) in [5, 5.41) is 0. The summed E-state index contributed by atoms with van der Waals surface area (Å²) in [5.41, 5.74) is 11.7. The highest BCUT2D eigenvalue weighted by molar-refractivity contribution is 6.14. The molecule has 0 radical (unpaired) electrons. The number of Topliss-reactive ketones (excluding diaryl/α,β-unsaturated/α-hetero) is 1. The zero-order valence-electron chi connectivity index (χ0n) is 28.9. The standard InChI is InChI=1S/C41H42N4O4/c1-7-26-21(2)29-20-34-38(35(46)15-13-25-11-9-8-10-12-25)23(4)31(43-34)18-30-22(3)27(14-16-37(48)49-6)40(44-30)28-17-36(47)39-24(5)32(45-41(28)39)19-33(26)42-29/h8-13,15,18-22,26-27,43,45H,7,14,16-17H2,1-6H3/b15-13+,29-20?,30-18?,31-18?,32-19?,33-19?,34-20?,40-28?/t21?,22-,26?,27-/m0/s1. The van der Waals surface area contributed by atoms with Crippen LogP contribution in [0.3, 0.4) is 0 Å². The van der Waals surface area contributed by atoms with E-state index in [9.17, 15) is 14.4 Å². The van der Waals surface area contributed by atoms with Gasteiger partial charge in [0, 0.05) is 75.8 Å². The molecule has 250 valence electrons. The minimum Gasteiger partial charge on any atom is -0.469 e. The number of carbonyl (C=O) groups is 3. The molecule has 1 aliphatic carbocycles. The smallest absolute Gasteiger partial charge is 0.305 e. The van der Waals surface area contributed by atoms with Crippen molar-refractivity contribution in [2.75, 3.05) is 7.11 Å². The molecule has 4 aromatic rings. The van der Waals surface area contributed by atoms with E-state index in [1.165, 1.54) is 7.11 Å². The van der Waals surface area contributed by atoms with E-state index >= 15 is 0 Å². The molecule has 0 fully saturated rings. The Bertz CT molecular complexity index is 2210. The first kappa shape index (κ1) is 32.4. The van der Waals surface area contributed by atoms with Gasteiger partial charge < -0.3 is 14.7 Å². The lowest BCUT2D eigenvalue weighted by atomic mass is 9.85. The van der Waals surface area contributed by atoms with E-state index in [1.54, 1.807) is 6.08 Å². The molecule has 49 heavy (non-hydrogen) atoms. The number of nitrogens with zero attached hydrogens (tertiary/aromatic N) is 2. The topological polar surface area (TPSA) is 118 Å². The Kier molecular flexibility index (Phi) is 8.43. The van der Waals surface area contributed by atoms with Gasteiger partial charge in [-0.15, -0.1) is 0 Å². The van der Waals surface area contributed by atoms with Crippen LogP contribution in [0.1, 0.15) is 129 Å². The van der Waals surface area contributed by atoms with Crippen molar-refractivity contribution in [1.82, 2.24) is 19.9 Å². The van der Waals surface area contributed by atoms with Crippen molar-refractivity contribution in [1.29, 1.82) is 0 Å². The SMILES string of the molecule is CCC1c2cc3[nH]c4c(c5nc(cc6[nH]c(cc(n2)C1C)c(C(=O)/C=C/c1ccccc1)c6C)[C@@H](C)[C@@H]5CCC(=O)OC)CC(=O)c4c3C. The van der Waals surface area contributed by atoms with Gasteiger partial charge in [0.25, 0.3) is 0 Å². The number of hydrogen-bond donors (Lipinski definition) is 2. The minimum atomic E-state index is -0.275. The molecule has 8 heteroatoms. The first-order valence-corrected chi connectivity index (χ1v) is 17.2. The number of ether oxygens (including phenoxy) is 1. The fourth-order valence-electron chi connectivity index (χ4n) is 8.01. The zero-order valence-corrected chi connectivity index (χ0v) is 28.9. The molecule has 4 atom stereocenters. The number of hydrogen-bond acceptors (Lipinski definition) is 6. The third-order valence-corrected chi connectivity index (χ3v) is 10.9. The number of rotatable bonds is 7. The number of esters is 1. The van der Waals surface area contributed by atoms with E-state index in [0.29, 0.717) is 12.0 Å². The number of ketones is 2. The summed E-state index contributed by atoms with van der Waals surface area (Å²) < 4.78 is 4.99. The van der Waals surface area contributed by atoms with Crippen LogP contribution in [0.25, 0.3) is 28.1 Å². The van der Waals surface area contributed by atoms with Gasteiger partial charge in [0.1, 0.15) is 0 Å². The number of H-pyrrole nitrogens is 2. The maximum Gasteiger partial charge on any atom is 0.305 e. The summed E-state index contributed by atoms with van der Waals surface area (Å²) in [4.78, 5) is 57.4. The molecule has 5 heterocycles. The van der Waals surface area contributed by atoms with Gasteiger partial charge in [0.15, 0.2) is 11.6 Å². The number of nitrogens with one attached hydrogen (secondary N) is 2. The number of benzene rings is 1. The Labute approximate surface area is 286 Å². The van der Waals surface area contributed by atoms with Crippen LogP contribution in [-0.2, 0) is 16.0 Å². The van der Waals surface area contributed by atoms with Gasteiger partial charge in [-0.1, -0.05) is 57.2 Å². The van der Waals surface area contributed by atoms with E-state index in [2.05, 4.69) is 36.8 Å². The molecule has 2 unspecified atom stereocenters.